The predicted molar refractivity (Wildman–Crippen MR) is 55.9 cm³/mol. The van der Waals surface area contributed by atoms with E-state index < -0.39 is 16.2 Å². The predicted octanol–water partition coefficient (Wildman–Crippen LogP) is 0.249. The molecule has 0 aliphatic heterocycles. The van der Waals surface area contributed by atoms with Gasteiger partial charge in [0, 0.05) is 0 Å². The Hall–Kier alpha value is -0.720. The van der Waals surface area contributed by atoms with E-state index in [2.05, 4.69) is 4.18 Å². The van der Waals surface area contributed by atoms with E-state index in [1.54, 1.807) is 0 Å². The molecule has 0 amide bonds. The van der Waals surface area contributed by atoms with Gasteiger partial charge in [-0.3, -0.25) is 8.98 Å². The second-order valence-corrected chi connectivity index (χ2v) is 4.83. The van der Waals surface area contributed by atoms with Crippen LogP contribution in [-0.4, -0.2) is 38.3 Å². The van der Waals surface area contributed by atoms with Crippen LogP contribution in [0.2, 0.25) is 0 Å². The van der Waals surface area contributed by atoms with Crippen LogP contribution in [0.3, 0.4) is 0 Å². The molecule has 15 heavy (non-hydrogen) atoms. The van der Waals surface area contributed by atoms with E-state index in [0.29, 0.717) is 12.7 Å². The molecule has 0 radical (unpaired) electrons. The van der Waals surface area contributed by atoms with Crippen molar-refractivity contribution in [1.82, 2.24) is 0 Å². The zero-order valence-corrected chi connectivity index (χ0v) is 9.44. The van der Waals surface area contributed by atoms with E-state index in [0.717, 1.165) is 0 Å². The zero-order chi connectivity index (χ0) is 11.7. The molecule has 88 valence electrons. The number of allylic oxidation sites excluding steroid dienone is 1. The van der Waals surface area contributed by atoms with Crippen LogP contribution in [0.15, 0.2) is 12.2 Å². The number of aliphatic hydroxyl groups is 1. The molecule has 0 saturated carbocycles. The molecule has 0 spiro atoms. The summed E-state index contributed by atoms with van der Waals surface area (Å²) in [5, 5.41) is 8.89. The molecule has 0 bridgehead atoms. The summed E-state index contributed by atoms with van der Waals surface area (Å²) in [5.41, 5.74) is 0. The Bertz CT molecular complexity index is 292. The fraction of sp³-hybridized carbons (Fsp3) is 0.667. The molecule has 5 nitrogen and oxygen atoms in total. The van der Waals surface area contributed by atoms with Crippen molar-refractivity contribution in [2.45, 2.75) is 25.9 Å². The molecule has 0 aliphatic rings. The van der Waals surface area contributed by atoms with E-state index in [1.165, 1.54) is 19.1 Å². The third kappa shape index (κ3) is 9.58. The van der Waals surface area contributed by atoms with Crippen molar-refractivity contribution in [3.8, 4) is 0 Å². The molecule has 0 aromatic carbocycles. The number of hydrogen-bond donors (Lipinski definition) is 1. The molecule has 0 rings (SSSR count). The van der Waals surface area contributed by atoms with Crippen molar-refractivity contribution in [2.24, 2.45) is 0 Å². The molecule has 0 heterocycles. The first-order valence-corrected chi connectivity index (χ1v) is 6.21. The summed E-state index contributed by atoms with van der Waals surface area (Å²) in [7, 11) is -3.55. The van der Waals surface area contributed by atoms with Crippen molar-refractivity contribution in [3.63, 3.8) is 0 Å². The Morgan fingerprint density at radius 3 is 2.67 bits per heavy atom. The van der Waals surface area contributed by atoms with Crippen LogP contribution in [0.1, 0.15) is 19.8 Å². The number of aldehydes is 1. The highest BCUT2D eigenvalue weighted by Crippen LogP contribution is 2.00. The summed E-state index contributed by atoms with van der Waals surface area (Å²) >= 11 is 0. The number of carbonyl (C=O) groups is 1. The molecule has 1 unspecified atom stereocenters. The highest BCUT2D eigenvalue weighted by Gasteiger charge is 2.11. The topological polar surface area (TPSA) is 80.7 Å². The Kier molecular flexibility index (Phi) is 7.19. The van der Waals surface area contributed by atoms with Crippen LogP contribution in [-0.2, 0) is 19.1 Å². The second-order valence-electron chi connectivity index (χ2n) is 3.07. The molecule has 0 fully saturated rings. The van der Waals surface area contributed by atoms with Crippen molar-refractivity contribution < 1.29 is 22.5 Å². The maximum Gasteiger partial charge on any atom is 0.267 e. The van der Waals surface area contributed by atoms with E-state index in [9.17, 15) is 13.2 Å². The third-order valence-electron chi connectivity index (χ3n) is 1.55. The lowest BCUT2D eigenvalue weighted by Crippen LogP contribution is -2.15. The van der Waals surface area contributed by atoms with Gasteiger partial charge in [0.15, 0.2) is 0 Å². The van der Waals surface area contributed by atoms with Crippen LogP contribution in [0.25, 0.3) is 0 Å². The number of carbonyl (C=O) groups excluding carboxylic acids is 1. The van der Waals surface area contributed by atoms with Crippen molar-refractivity contribution in [3.05, 3.63) is 12.2 Å². The Morgan fingerprint density at radius 2 is 2.13 bits per heavy atom. The van der Waals surface area contributed by atoms with Crippen LogP contribution >= 0.6 is 0 Å². The third-order valence-corrected chi connectivity index (χ3v) is 2.81. The lowest BCUT2D eigenvalue weighted by Gasteiger charge is -2.05. The summed E-state index contributed by atoms with van der Waals surface area (Å²) in [4.78, 5) is 9.87. The zero-order valence-electron chi connectivity index (χ0n) is 8.63. The average Bonchev–Trinajstić information content (AvgIpc) is 2.15. The van der Waals surface area contributed by atoms with Gasteiger partial charge in [-0.25, -0.2) is 0 Å². The number of rotatable bonds is 8. The van der Waals surface area contributed by atoms with Gasteiger partial charge in [0.25, 0.3) is 10.1 Å². The van der Waals surface area contributed by atoms with Gasteiger partial charge in [0.2, 0.25) is 0 Å². The second kappa shape index (κ2) is 7.56. The van der Waals surface area contributed by atoms with Gasteiger partial charge in [-0.15, -0.1) is 0 Å². The Morgan fingerprint density at radius 1 is 1.47 bits per heavy atom. The summed E-state index contributed by atoms with van der Waals surface area (Å²) in [5.74, 6) is -0.192. The van der Waals surface area contributed by atoms with Crippen LogP contribution in [0.5, 0.6) is 0 Å². The van der Waals surface area contributed by atoms with Gasteiger partial charge in [0.1, 0.15) is 6.29 Å². The van der Waals surface area contributed by atoms with Gasteiger partial charge in [-0.1, -0.05) is 6.08 Å². The van der Waals surface area contributed by atoms with Crippen molar-refractivity contribution in [1.29, 1.82) is 0 Å². The fourth-order valence-electron chi connectivity index (χ4n) is 0.769. The van der Waals surface area contributed by atoms with E-state index in [-0.39, 0.29) is 18.8 Å². The average molecular weight is 236 g/mol. The summed E-state index contributed by atoms with van der Waals surface area (Å²) in [6.45, 7) is 1.54. The molecule has 0 saturated heterocycles. The van der Waals surface area contributed by atoms with E-state index >= 15 is 0 Å². The largest absolute Gasteiger partial charge is 0.393 e. The van der Waals surface area contributed by atoms with Gasteiger partial charge in [-0.05, 0) is 25.8 Å². The quantitative estimate of drug-likeness (QED) is 0.283. The van der Waals surface area contributed by atoms with Crippen LogP contribution < -0.4 is 0 Å². The maximum atomic E-state index is 11.1. The first-order chi connectivity index (χ1) is 6.98. The summed E-state index contributed by atoms with van der Waals surface area (Å²) in [6.07, 6.45) is 3.29. The lowest BCUT2D eigenvalue weighted by molar-refractivity contribution is -0.104. The van der Waals surface area contributed by atoms with Crippen LogP contribution in [0.4, 0.5) is 0 Å². The van der Waals surface area contributed by atoms with E-state index in [1.807, 2.05) is 0 Å². The Labute approximate surface area is 89.9 Å². The fourth-order valence-corrected chi connectivity index (χ4v) is 1.87. The number of hydrogen-bond acceptors (Lipinski definition) is 5. The highest BCUT2D eigenvalue weighted by molar-refractivity contribution is 7.86. The summed E-state index contributed by atoms with van der Waals surface area (Å²) in [6, 6.07) is 0. The van der Waals surface area contributed by atoms with E-state index in [4.69, 9.17) is 5.11 Å². The minimum Gasteiger partial charge on any atom is -0.393 e. The SMILES string of the molecule is CC(O)CCS(=O)(=O)OCCC=CC=O. The highest BCUT2D eigenvalue weighted by atomic mass is 32.2. The maximum absolute atomic E-state index is 11.1. The lowest BCUT2D eigenvalue weighted by atomic mass is 10.3. The van der Waals surface area contributed by atoms with Gasteiger partial charge in [0.05, 0.1) is 18.5 Å². The standard InChI is InChI=1S/C9H16O5S/c1-9(11)5-8-15(12,13)14-7-4-2-3-6-10/h2-3,6,9,11H,4-5,7-8H2,1H3. The molecule has 0 aromatic heterocycles. The molecule has 0 aromatic rings. The smallest absolute Gasteiger partial charge is 0.267 e. The van der Waals surface area contributed by atoms with Crippen molar-refractivity contribution >= 4 is 16.4 Å². The van der Waals surface area contributed by atoms with Crippen molar-refractivity contribution in [2.75, 3.05) is 12.4 Å². The summed E-state index contributed by atoms with van der Waals surface area (Å²) < 4.78 is 26.9. The Balaban J connectivity index is 3.74. The molecule has 0 aliphatic carbocycles. The first-order valence-electron chi connectivity index (χ1n) is 4.63. The van der Waals surface area contributed by atoms with Gasteiger partial charge < -0.3 is 5.11 Å². The molecular weight excluding hydrogens is 220 g/mol. The van der Waals surface area contributed by atoms with Crippen LogP contribution in [0, 0.1) is 0 Å². The molecule has 1 N–H and O–H groups in total. The molecular formula is C9H16O5S. The van der Waals surface area contributed by atoms with Gasteiger partial charge >= 0.3 is 0 Å². The minimum absolute atomic E-state index is 0.0203. The molecule has 6 heteroatoms. The normalized spacial score (nSPS) is 14.3. The first kappa shape index (κ1) is 14.3. The number of aliphatic hydroxyl groups excluding tert-OH is 1. The van der Waals surface area contributed by atoms with Gasteiger partial charge in [-0.2, -0.15) is 8.42 Å². The monoisotopic (exact) mass is 236 g/mol. The molecule has 1 atom stereocenters. The minimum atomic E-state index is -3.55.